The van der Waals surface area contributed by atoms with E-state index in [0.717, 1.165) is 24.1 Å². The smallest absolute Gasteiger partial charge is 0.251 e. The topological polar surface area (TPSA) is 29.1 Å². The van der Waals surface area contributed by atoms with Crippen LogP contribution < -0.4 is 5.32 Å². The van der Waals surface area contributed by atoms with E-state index in [1.807, 2.05) is 39.0 Å². The second-order valence-corrected chi connectivity index (χ2v) is 3.55. The summed E-state index contributed by atoms with van der Waals surface area (Å²) in [5.41, 5.74) is 3.13. The lowest BCUT2D eigenvalue weighted by Gasteiger charge is -2.05. The Kier molecular flexibility index (Phi) is 3.69. The molecule has 0 spiro atoms. The molecule has 14 heavy (non-hydrogen) atoms. The maximum absolute atomic E-state index is 11.6. The SMILES string of the molecule is CCCNC(=O)c1ccc(C)c(C)c1. The molecule has 0 radical (unpaired) electrons. The van der Waals surface area contributed by atoms with Gasteiger partial charge in [0.1, 0.15) is 0 Å². The van der Waals surface area contributed by atoms with Crippen molar-refractivity contribution in [2.45, 2.75) is 27.2 Å². The minimum absolute atomic E-state index is 0.0231. The van der Waals surface area contributed by atoms with Crippen molar-refractivity contribution in [2.75, 3.05) is 6.54 Å². The Bertz CT molecular complexity index is 331. The van der Waals surface area contributed by atoms with Gasteiger partial charge in [0, 0.05) is 12.1 Å². The lowest BCUT2D eigenvalue weighted by atomic mass is 10.1. The maximum Gasteiger partial charge on any atom is 0.251 e. The molecule has 0 heterocycles. The van der Waals surface area contributed by atoms with E-state index in [9.17, 15) is 4.79 Å². The highest BCUT2D eigenvalue weighted by molar-refractivity contribution is 5.94. The average Bonchev–Trinajstić information content (AvgIpc) is 2.18. The first-order chi connectivity index (χ1) is 6.65. The van der Waals surface area contributed by atoms with E-state index in [-0.39, 0.29) is 5.91 Å². The normalized spacial score (nSPS) is 9.93. The Hall–Kier alpha value is -1.31. The van der Waals surface area contributed by atoms with Crippen molar-refractivity contribution in [3.8, 4) is 0 Å². The fraction of sp³-hybridized carbons (Fsp3) is 0.417. The maximum atomic E-state index is 11.6. The van der Waals surface area contributed by atoms with Crippen molar-refractivity contribution in [2.24, 2.45) is 0 Å². The summed E-state index contributed by atoms with van der Waals surface area (Å²) in [6, 6.07) is 5.78. The molecule has 0 fully saturated rings. The van der Waals surface area contributed by atoms with Gasteiger partial charge in [0.25, 0.3) is 5.91 Å². The quantitative estimate of drug-likeness (QED) is 0.781. The van der Waals surface area contributed by atoms with Crippen LogP contribution in [0.4, 0.5) is 0 Å². The molecule has 1 rings (SSSR count). The van der Waals surface area contributed by atoms with Gasteiger partial charge in [0.05, 0.1) is 0 Å². The number of carbonyl (C=O) groups is 1. The van der Waals surface area contributed by atoms with Crippen LogP contribution in [0.5, 0.6) is 0 Å². The first-order valence-corrected chi connectivity index (χ1v) is 5.00. The highest BCUT2D eigenvalue weighted by atomic mass is 16.1. The van der Waals surface area contributed by atoms with Crippen molar-refractivity contribution < 1.29 is 4.79 Å². The molecule has 1 amide bonds. The van der Waals surface area contributed by atoms with E-state index in [4.69, 9.17) is 0 Å². The molecule has 0 atom stereocenters. The zero-order valence-electron chi connectivity index (χ0n) is 9.05. The molecular formula is C12H17NO. The molecule has 2 nitrogen and oxygen atoms in total. The van der Waals surface area contributed by atoms with Crippen LogP contribution >= 0.6 is 0 Å². The lowest BCUT2D eigenvalue weighted by Crippen LogP contribution is -2.23. The molecule has 1 aromatic rings. The number of hydrogen-bond acceptors (Lipinski definition) is 1. The number of benzene rings is 1. The highest BCUT2D eigenvalue weighted by Crippen LogP contribution is 2.09. The van der Waals surface area contributed by atoms with Gasteiger partial charge >= 0.3 is 0 Å². The molecule has 0 unspecified atom stereocenters. The van der Waals surface area contributed by atoms with E-state index in [1.165, 1.54) is 5.56 Å². The van der Waals surface area contributed by atoms with Crippen LogP contribution in [0.3, 0.4) is 0 Å². The van der Waals surface area contributed by atoms with Gasteiger partial charge in [-0.25, -0.2) is 0 Å². The number of nitrogens with one attached hydrogen (secondary N) is 1. The molecular weight excluding hydrogens is 174 g/mol. The fourth-order valence-electron chi connectivity index (χ4n) is 1.22. The van der Waals surface area contributed by atoms with E-state index in [2.05, 4.69) is 5.32 Å². The second kappa shape index (κ2) is 4.80. The van der Waals surface area contributed by atoms with Crippen LogP contribution in [0.15, 0.2) is 18.2 Å². The standard InChI is InChI=1S/C12H17NO/c1-4-7-13-12(14)11-6-5-9(2)10(3)8-11/h5-6,8H,4,7H2,1-3H3,(H,13,14). The second-order valence-electron chi connectivity index (χ2n) is 3.55. The minimum atomic E-state index is 0.0231. The summed E-state index contributed by atoms with van der Waals surface area (Å²) >= 11 is 0. The molecule has 0 saturated heterocycles. The molecule has 76 valence electrons. The van der Waals surface area contributed by atoms with Crippen LogP contribution in [0, 0.1) is 13.8 Å². The average molecular weight is 191 g/mol. The predicted octanol–water partition coefficient (Wildman–Crippen LogP) is 2.44. The van der Waals surface area contributed by atoms with Gasteiger partial charge in [0.2, 0.25) is 0 Å². The number of carbonyl (C=O) groups excluding carboxylic acids is 1. The monoisotopic (exact) mass is 191 g/mol. The van der Waals surface area contributed by atoms with Crippen molar-refractivity contribution in [1.82, 2.24) is 5.32 Å². The first-order valence-electron chi connectivity index (χ1n) is 5.00. The van der Waals surface area contributed by atoms with E-state index in [1.54, 1.807) is 0 Å². The zero-order valence-corrected chi connectivity index (χ0v) is 9.05. The van der Waals surface area contributed by atoms with Crippen LogP contribution in [-0.2, 0) is 0 Å². The summed E-state index contributed by atoms with van der Waals surface area (Å²) in [5, 5.41) is 2.86. The molecule has 0 aromatic heterocycles. The van der Waals surface area contributed by atoms with Gasteiger partial charge < -0.3 is 5.32 Å². The molecule has 0 aliphatic carbocycles. The summed E-state index contributed by atoms with van der Waals surface area (Å²) in [7, 11) is 0. The number of amides is 1. The van der Waals surface area contributed by atoms with Crippen LogP contribution in [0.1, 0.15) is 34.8 Å². The Labute approximate surface area is 85.3 Å². The van der Waals surface area contributed by atoms with Crippen molar-refractivity contribution in [1.29, 1.82) is 0 Å². The fourth-order valence-corrected chi connectivity index (χ4v) is 1.22. The van der Waals surface area contributed by atoms with E-state index < -0.39 is 0 Å². The van der Waals surface area contributed by atoms with E-state index in [0.29, 0.717) is 0 Å². The van der Waals surface area contributed by atoms with Gasteiger partial charge in [-0.3, -0.25) is 4.79 Å². The lowest BCUT2D eigenvalue weighted by molar-refractivity contribution is 0.0953. The third-order valence-corrected chi connectivity index (χ3v) is 2.30. The third kappa shape index (κ3) is 2.59. The van der Waals surface area contributed by atoms with Gasteiger partial charge in [0.15, 0.2) is 0 Å². The Morgan fingerprint density at radius 2 is 2.00 bits per heavy atom. The van der Waals surface area contributed by atoms with Crippen molar-refractivity contribution in [3.63, 3.8) is 0 Å². The molecule has 0 saturated carbocycles. The van der Waals surface area contributed by atoms with Gasteiger partial charge in [-0.15, -0.1) is 0 Å². The Balaban J connectivity index is 2.76. The van der Waals surface area contributed by atoms with Gasteiger partial charge in [-0.2, -0.15) is 0 Å². The number of rotatable bonds is 3. The molecule has 1 aromatic carbocycles. The number of hydrogen-bond donors (Lipinski definition) is 1. The molecule has 0 bridgehead atoms. The summed E-state index contributed by atoms with van der Waals surface area (Å²) in [5.74, 6) is 0.0231. The third-order valence-electron chi connectivity index (χ3n) is 2.30. The molecule has 0 aliphatic rings. The summed E-state index contributed by atoms with van der Waals surface area (Å²) in [6.07, 6.45) is 0.969. The van der Waals surface area contributed by atoms with Crippen LogP contribution in [0.25, 0.3) is 0 Å². The summed E-state index contributed by atoms with van der Waals surface area (Å²) in [6.45, 7) is 6.85. The summed E-state index contributed by atoms with van der Waals surface area (Å²) in [4.78, 5) is 11.6. The highest BCUT2D eigenvalue weighted by Gasteiger charge is 2.04. The molecule has 2 heteroatoms. The first kappa shape index (κ1) is 10.8. The molecule has 0 aliphatic heterocycles. The minimum Gasteiger partial charge on any atom is -0.352 e. The largest absolute Gasteiger partial charge is 0.352 e. The van der Waals surface area contributed by atoms with Crippen molar-refractivity contribution in [3.05, 3.63) is 34.9 Å². The van der Waals surface area contributed by atoms with Gasteiger partial charge in [-0.05, 0) is 43.5 Å². The number of aryl methyl sites for hydroxylation is 2. The van der Waals surface area contributed by atoms with Crippen LogP contribution in [0.2, 0.25) is 0 Å². The summed E-state index contributed by atoms with van der Waals surface area (Å²) < 4.78 is 0. The van der Waals surface area contributed by atoms with Crippen molar-refractivity contribution >= 4 is 5.91 Å². The Morgan fingerprint density at radius 1 is 1.29 bits per heavy atom. The Morgan fingerprint density at radius 3 is 2.57 bits per heavy atom. The van der Waals surface area contributed by atoms with Crippen LogP contribution in [-0.4, -0.2) is 12.5 Å². The predicted molar refractivity (Wildman–Crippen MR) is 58.5 cm³/mol. The van der Waals surface area contributed by atoms with Gasteiger partial charge in [-0.1, -0.05) is 13.0 Å². The zero-order chi connectivity index (χ0) is 10.6. The molecule has 1 N–H and O–H groups in total. The van der Waals surface area contributed by atoms with E-state index >= 15 is 0 Å².